The largest absolute Gasteiger partial charge is 0.399 e. The molecule has 0 saturated heterocycles. The predicted octanol–water partition coefficient (Wildman–Crippen LogP) is 2.43. The molecule has 0 spiro atoms. The first kappa shape index (κ1) is 13.9. The third kappa shape index (κ3) is 2.91. The Hall–Kier alpha value is -2.49. The van der Waals surface area contributed by atoms with Crippen molar-refractivity contribution in [1.29, 1.82) is 0 Å². The van der Waals surface area contributed by atoms with Crippen molar-refractivity contribution in [3.63, 3.8) is 0 Å². The highest BCUT2D eigenvalue weighted by Crippen LogP contribution is 2.18. The normalized spacial score (nSPS) is 10.3. The van der Waals surface area contributed by atoms with Crippen molar-refractivity contribution in [2.45, 2.75) is 13.5 Å². The molecule has 0 saturated carbocycles. The minimum atomic E-state index is -0.106. The summed E-state index contributed by atoms with van der Waals surface area (Å²) in [5.74, 6) is -0.106. The smallest absolute Gasteiger partial charge is 0.255 e. The van der Waals surface area contributed by atoms with Crippen molar-refractivity contribution in [2.75, 3.05) is 18.5 Å². The van der Waals surface area contributed by atoms with E-state index in [-0.39, 0.29) is 5.91 Å². The molecule has 4 N–H and O–H groups in total. The molecule has 0 aliphatic carbocycles. The molecule has 0 atom stereocenters. The van der Waals surface area contributed by atoms with Crippen LogP contribution in [0.15, 0.2) is 42.5 Å². The summed E-state index contributed by atoms with van der Waals surface area (Å²) in [6.07, 6.45) is 0. The Morgan fingerprint density at radius 3 is 2.50 bits per heavy atom. The molecule has 104 valence electrons. The lowest BCUT2D eigenvalue weighted by Crippen LogP contribution is -2.27. The summed E-state index contributed by atoms with van der Waals surface area (Å²) in [7, 11) is 1.77. The van der Waals surface area contributed by atoms with Crippen LogP contribution < -0.4 is 11.5 Å². The second-order valence-electron chi connectivity index (χ2n) is 4.93. The quantitative estimate of drug-likeness (QED) is 0.841. The molecular formula is C16H19N3O. The molecule has 1 amide bonds. The molecule has 4 heteroatoms. The number of amides is 1. The number of carbonyl (C=O) groups is 1. The van der Waals surface area contributed by atoms with E-state index in [4.69, 9.17) is 11.5 Å². The molecule has 0 unspecified atom stereocenters. The van der Waals surface area contributed by atoms with Gasteiger partial charge in [0.05, 0.1) is 5.56 Å². The van der Waals surface area contributed by atoms with Gasteiger partial charge in [-0.05, 0) is 36.2 Å². The maximum absolute atomic E-state index is 12.4. The minimum Gasteiger partial charge on any atom is -0.399 e. The van der Waals surface area contributed by atoms with Crippen LogP contribution in [0.2, 0.25) is 0 Å². The Morgan fingerprint density at radius 1 is 1.15 bits per heavy atom. The number of hydrogen-bond acceptors (Lipinski definition) is 3. The number of anilines is 2. The molecule has 2 aromatic carbocycles. The van der Waals surface area contributed by atoms with Gasteiger partial charge in [-0.25, -0.2) is 0 Å². The summed E-state index contributed by atoms with van der Waals surface area (Å²) < 4.78 is 0. The fourth-order valence-electron chi connectivity index (χ4n) is 2.10. The average Bonchev–Trinajstić information content (AvgIpc) is 2.40. The Morgan fingerprint density at radius 2 is 1.85 bits per heavy atom. The van der Waals surface area contributed by atoms with Gasteiger partial charge in [-0.1, -0.05) is 24.3 Å². The number of nitrogen functional groups attached to an aromatic ring is 2. The van der Waals surface area contributed by atoms with Crippen molar-refractivity contribution in [3.05, 3.63) is 59.2 Å². The number of hydrogen-bond donors (Lipinski definition) is 2. The molecule has 20 heavy (non-hydrogen) atoms. The minimum absolute atomic E-state index is 0.106. The summed E-state index contributed by atoms with van der Waals surface area (Å²) in [6, 6.07) is 13.0. The number of nitrogens with zero attached hydrogens (tertiary/aromatic N) is 1. The van der Waals surface area contributed by atoms with E-state index in [1.165, 1.54) is 0 Å². The highest BCUT2D eigenvalue weighted by Gasteiger charge is 2.15. The molecule has 0 fully saturated rings. The first-order valence-electron chi connectivity index (χ1n) is 6.44. The molecule has 0 aliphatic heterocycles. The molecule has 0 aliphatic rings. The van der Waals surface area contributed by atoms with Crippen LogP contribution >= 0.6 is 0 Å². The first-order valence-corrected chi connectivity index (χ1v) is 6.44. The number of carbonyl (C=O) groups excluding carboxylic acids is 1. The molecule has 2 aromatic rings. The maximum Gasteiger partial charge on any atom is 0.255 e. The van der Waals surface area contributed by atoms with E-state index in [0.717, 1.165) is 11.1 Å². The van der Waals surface area contributed by atoms with Crippen LogP contribution in [0.5, 0.6) is 0 Å². The van der Waals surface area contributed by atoms with Gasteiger partial charge in [0.2, 0.25) is 0 Å². The van der Waals surface area contributed by atoms with Gasteiger partial charge in [-0.2, -0.15) is 0 Å². The van der Waals surface area contributed by atoms with Gasteiger partial charge in [0.1, 0.15) is 0 Å². The molecule has 2 rings (SSSR count). The van der Waals surface area contributed by atoms with Gasteiger partial charge >= 0.3 is 0 Å². The van der Waals surface area contributed by atoms with Crippen molar-refractivity contribution in [2.24, 2.45) is 0 Å². The third-order valence-corrected chi connectivity index (χ3v) is 3.32. The fourth-order valence-corrected chi connectivity index (χ4v) is 2.10. The monoisotopic (exact) mass is 269 g/mol. The van der Waals surface area contributed by atoms with Crippen molar-refractivity contribution in [3.8, 4) is 0 Å². The lowest BCUT2D eigenvalue weighted by Gasteiger charge is -2.19. The van der Waals surface area contributed by atoms with Gasteiger partial charge in [0.15, 0.2) is 0 Å². The van der Waals surface area contributed by atoms with Crippen molar-refractivity contribution < 1.29 is 4.79 Å². The van der Waals surface area contributed by atoms with Gasteiger partial charge in [0, 0.05) is 25.0 Å². The van der Waals surface area contributed by atoms with E-state index in [2.05, 4.69) is 0 Å². The average molecular weight is 269 g/mol. The molecule has 0 aromatic heterocycles. The van der Waals surface area contributed by atoms with E-state index in [1.54, 1.807) is 30.1 Å². The zero-order valence-electron chi connectivity index (χ0n) is 11.8. The molecule has 0 heterocycles. The molecule has 4 nitrogen and oxygen atoms in total. The zero-order chi connectivity index (χ0) is 14.7. The number of benzene rings is 2. The number of rotatable bonds is 3. The third-order valence-electron chi connectivity index (χ3n) is 3.32. The van der Waals surface area contributed by atoms with E-state index < -0.39 is 0 Å². The second kappa shape index (κ2) is 5.65. The van der Waals surface area contributed by atoms with E-state index in [9.17, 15) is 4.79 Å². The van der Waals surface area contributed by atoms with Gasteiger partial charge in [0.25, 0.3) is 5.91 Å². The van der Waals surface area contributed by atoms with Crippen LogP contribution in [0.25, 0.3) is 0 Å². The van der Waals surface area contributed by atoms with Crippen molar-refractivity contribution >= 4 is 17.3 Å². The van der Waals surface area contributed by atoms with Gasteiger partial charge in [-0.15, -0.1) is 0 Å². The predicted molar refractivity (Wildman–Crippen MR) is 82.2 cm³/mol. The summed E-state index contributed by atoms with van der Waals surface area (Å²) in [6.45, 7) is 2.58. The molecular weight excluding hydrogens is 250 g/mol. The Kier molecular flexibility index (Phi) is 3.94. The van der Waals surface area contributed by atoms with E-state index in [1.807, 2.05) is 31.2 Å². The van der Waals surface area contributed by atoms with Crippen LogP contribution in [0.3, 0.4) is 0 Å². The lowest BCUT2D eigenvalue weighted by atomic mass is 10.1. The SMILES string of the molecule is Cc1ccccc1CN(C)C(=O)c1ccc(N)cc1N. The summed E-state index contributed by atoms with van der Waals surface area (Å²) >= 11 is 0. The highest BCUT2D eigenvalue weighted by atomic mass is 16.2. The Balaban J connectivity index is 2.19. The topological polar surface area (TPSA) is 72.3 Å². The maximum atomic E-state index is 12.4. The first-order chi connectivity index (χ1) is 9.49. The molecule has 0 radical (unpaired) electrons. The van der Waals surface area contributed by atoms with Crippen molar-refractivity contribution in [1.82, 2.24) is 4.90 Å². The fraction of sp³-hybridized carbons (Fsp3) is 0.188. The number of nitrogens with two attached hydrogens (primary N) is 2. The number of aryl methyl sites for hydroxylation is 1. The van der Waals surface area contributed by atoms with Crippen LogP contribution in [-0.2, 0) is 6.54 Å². The van der Waals surface area contributed by atoms with Gasteiger partial charge < -0.3 is 16.4 Å². The van der Waals surface area contributed by atoms with Crippen LogP contribution in [0, 0.1) is 6.92 Å². The second-order valence-corrected chi connectivity index (χ2v) is 4.93. The Bertz CT molecular complexity index is 637. The Labute approximate surface area is 119 Å². The zero-order valence-corrected chi connectivity index (χ0v) is 11.8. The molecule has 0 bridgehead atoms. The standard InChI is InChI=1S/C16H19N3O/c1-11-5-3-4-6-12(11)10-19(2)16(20)14-8-7-13(17)9-15(14)18/h3-9H,10,17-18H2,1-2H3. The summed E-state index contributed by atoms with van der Waals surface area (Å²) in [5.41, 5.74) is 15.2. The van der Waals surface area contributed by atoms with E-state index >= 15 is 0 Å². The van der Waals surface area contributed by atoms with Crippen LogP contribution in [-0.4, -0.2) is 17.9 Å². The van der Waals surface area contributed by atoms with Crippen LogP contribution in [0.4, 0.5) is 11.4 Å². The lowest BCUT2D eigenvalue weighted by molar-refractivity contribution is 0.0786. The van der Waals surface area contributed by atoms with Crippen LogP contribution in [0.1, 0.15) is 21.5 Å². The highest BCUT2D eigenvalue weighted by molar-refractivity contribution is 5.99. The summed E-state index contributed by atoms with van der Waals surface area (Å²) in [4.78, 5) is 14.1. The van der Waals surface area contributed by atoms with E-state index in [0.29, 0.717) is 23.5 Å². The summed E-state index contributed by atoms with van der Waals surface area (Å²) in [5, 5.41) is 0. The van der Waals surface area contributed by atoms with Gasteiger partial charge in [-0.3, -0.25) is 4.79 Å².